The van der Waals surface area contributed by atoms with E-state index in [2.05, 4.69) is 6.92 Å². The van der Waals surface area contributed by atoms with Crippen molar-refractivity contribution in [3.05, 3.63) is 65.7 Å². The molecule has 3 rings (SSSR count). The zero-order chi connectivity index (χ0) is 19.2. The normalized spacial score (nSPS) is 19.6. The zero-order valence-electron chi connectivity index (χ0n) is 15.6. The van der Waals surface area contributed by atoms with Crippen LogP contribution in [0.1, 0.15) is 35.7 Å². The molecule has 0 radical (unpaired) electrons. The van der Waals surface area contributed by atoms with Gasteiger partial charge < -0.3 is 15.4 Å². The van der Waals surface area contributed by atoms with Crippen LogP contribution in [0, 0.1) is 5.92 Å². The Hall–Kier alpha value is -2.66. The Morgan fingerprint density at radius 2 is 1.74 bits per heavy atom. The van der Waals surface area contributed by atoms with Gasteiger partial charge in [-0.2, -0.15) is 0 Å². The molecule has 1 heterocycles. The third-order valence-electron chi connectivity index (χ3n) is 5.09. The highest BCUT2D eigenvalue weighted by atomic mass is 16.5. The Kier molecular flexibility index (Phi) is 6.24. The standard InChI is InChI=1S/C22H26N2O3/c1-16-11-12-24(19(13-16)14-23)21(25)15-27-20-9-7-18(8-10-20)22(26)17-5-3-2-4-6-17/h2-10,16,19H,11-15,23H2,1H3. The van der Waals surface area contributed by atoms with Crippen LogP contribution in [-0.2, 0) is 4.79 Å². The van der Waals surface area contributed by atoms with Crippen LogP contribution in [0.5, 0.6) is 5.75 Å². The van der Waals surface area contributed by atoms with Crippen molar-refractivity contribution in [2.75, 3.05) is 19.7 Å². The number of carbonyl (C=O) groups excluding carboxylic acids is 2. The van der Waals surface area contributed by atoms with Crippen LogP contribution in [0.25, 0.3) is 0 Å². The largest absolute Gasteiger partial charge is 0.484 e. The maximum atomic E-state index is 12.5. The molecule has 2 N–H and O–H groups in total. The summed E-state index contributed by atoms with van der Waals surface area (Å²) in [4.78, 5) is 26.8. The minimum Gasteiger partial charge on any atom is -0.484 e. The Balaban J connectivity index is 1.57. The molecule has 0 aromatic heterocycles. The first-order valence-electron chi connectivity index (χ1n) is 9.40. The van der Waals surface area contributed by atoms with E-state index < -0.39 is 0 Å². The molecule has 2 aromatic rings. The summed E-state index contributed by atoms with van der Waals surface area (Å²) in [6.45, 7) is 3.39. The lowest BCUT2D eigenvalue weighted by Gasteiger charge is -2.37. The van der Waals surface area contributed by atoms with E-state index in [1.807, 2.05) is 23.1 Å². The number of nitrogens with two attached hydrogens (primary N) is 1. The van der Waals surface area contributed by atoms with Crippen molar-refractivity contribution in [3.8, 4) is 5.75 Å². The molecule has 0 saturated carbocycles. The Labute approximate surface area is 160 Å². The van der Waals surface area contributed by atoms with Crippen LogP contribution in [0.4, 0.5) is 0 Å². The summed E-state index contributed by atoms with van der Waals surface area (Å²) in [5.41, 5.74) is 7.06. The van der Waals surface area contributed by atoms with Gasteiger partial charge in [-0.3, -0.25) is 9.59 Å². The number of benzene rings is 2. The lowest BCUT2D eigenvalue weighted by molar-refractivity contribution is -0.137. The number of likely N-dealkylation sites (tertiary alicyclic amines) is 1. The average Bonchev–Trinajstić information content (AvgIpc) is 2.72. The van der Waals surface area contributed by atoms with E-state index in [0.29, 0.717) is 29.3 Å². The molecule has 2 unspecified atom stereocenters. The van der Waals surface area contributed by atoms with E-state index in [9.17, 15) is 9.59 Å². The predicted molar refractivity (Wildman–Crippen MR) is 105 cm³/mol. The summed E-state index contributed by atoms with van der Waals surface area (Å²) in [6, 6.07) is 16.1. The van der Waals surface area contributed by atoms with Gasteiger partial charge in [0.2, 0.25) is 0 Å². The maximum Gasteiger partial charge on any atom is 0.260 e. The lowest BCUT2D eigenvalue weighted by atomic mass is 9.92. The lowest BCUT2D eigenvalue weighted by Crippen LogP contribution is -2.50. The van der Waals surface area contributed by atoms with Gasteiger partial charge in [0.15, 0.2) is 12.4 Å². The second-order valence-corrected chi connectivity index (χ2v) is 7.11. The van der Waals surface area contributed by atoms with Gasteiger partial charge in [-0.25, -0.2) is 0 Å². The minimum absolute atomic E-state index is 0.0170. The highest BCUT2D eigenvalue weighted by molar-refractivity contribution is 6.08. The fourth-order valence-electron chi connectivity index (χ4n) is 3.49. The van der Waals surface area contributed by atoms with Gasteiger partial charge in [-0.05, 0) is 43.0 Å². The number of piperidine rings is 1. The van der Waals surface area contributed by atoms with Crippen molar-refractivity contribution in [3.63, 3.8) is 0 Å². The number of hydrogen-bond acceptors (Lipinski definition) is 4. The Morgan fingerprint density at radius 3 is 2.41 bits per heavy atom. The molecule has 0 aliphatic carbocycles. The minimum atomic E-state index is -0.0400. The van der Waals surface area contributed by atoms with Crippen molar-refractivity contribution in [1.29, 1.82) is 0 Å². The molecule has 142 valence electrons. The van der Waals surface area contributed by atoms with Crippen molar-refractivity contribution < 1.29 is 14.3 Å². The average molecular weight is 366 g/mol. The van der Waals surface area contributed by atoms with Gasteiger partial charge in [0.1, 0.15) is 5.75 Å². The smallest absolute Gasteiger partial charge is 0.260 e. The topological polar surface area (TPSA) is 72.6 Å². The van der Waals surface area contributed by atoms with E-state index in [4.69, 9.17) is 10.5 Å². The van der Waals surface area contributed by atoms with Gasteiger partial charge in [0.05, 0.1) is 0 Å². The first kappa shape index (κ1) is 19.1. The molecule has 0 spiro atoms. The molecule has 1 aliphatic rings. The molecule has 1 amide bonds. The predicted octanol–water partition coefficient (Wildman–Crippen LogP) is 2.88. The van der Waals surface area contributed by atoms with Crippen molar-refractivity contribution in [2.45, 2.75) is 25.8 Å². The summed E-state index contributed by atoms with van der Waals surface area (Å²) >= 11 is 0. The highest BCUT2D eigenvalue weighted by Gasteiger charge is 2.28. The summed E-state index contributed by atoms with van der Waals surface area (Å²) in [5.74, 6) is 1.09. The quantitative estimate of drug-likeness (QED) is 0.798. The molecular formula is C22H26N2O3. The fourth-order valence-corrected chi connectivity index (χ4v) is 3.49. The van der Waals surface area contributed by atoms with Crippen LogP contribution in [0.3, 0.4) is 0 Å². The van der Waals surface area contributed by atoms with Crippen molar-refractivity contribution in [1.82, 2.24) is 4.90 Å². The number of ketones is 1. The molecule has 1 aliphatic heterocycles. The van der Waals surface area contributed by atoms with Crippen LogP contribution in [0.2, 0.25) is 0 Å². The van der Waals surface area contributed by atoms with Crippen molar-refractivity contribution >= 4 is 11.7 Å². The van der Waals surface area contributed by atoms with Crippen molar-refractivity contribution in [2.24, 2.45) is 11.7 Å². The van der Waals surface area contributed by atoms with Gasteiger partial charge in [-0.1, -0.05) is 37.3 Å². The number of rotatable bonds is 6. The molecule has 2 atom stereocenters. The second kappa shape index (κ2) is 8.82. The highest BCUT2D eigenvalue weighted by Crippen LogP contribution is 2.22. The molecule has 5 nitrogen and oxygen atoms in total. The third-order valence-corrected chi connectivity index (χ3v) is 5.09. The Morgan fingerprint density at radius 1 is 1.07 bits per heavy atom. The van der Waals surface area contributed by atoms with Crippen LogP contribution < -0.4 is 10.5 Å². The second-order valence-electron chi connectivity index (χ2n) is 7.11. The number of carbonyl (C=O) groups is 2. The van der Waals surface area contributed by atoms with Gasteiger partial charge in [0.25, 0.3) is 5.91 Å². The van der Waals surface area contributed by atoms with E-state index in [0.717, 1.165) is 19.4 Å². The van der Waals surface area contributed by atoms with Gasteiger partial charge in [-0.15, -0.1) is 0 Å². The summed E-state index contributed by atoms with van der Waals surface area (Å²) in [6.07, 6.45) is 1.94. The Bertz CT molecular complexity index is 774. The monoisotopic (exact) mass is 366 g/mol. The summed E-state index contributed by atoms with van der Waals surface area (Å²) < 4.78 is 5.64. The molecular weight excluding hydrogens is 340 g/mol. The van der Waals surface area contributed by atoms with Crippen LogP contribution in [-0.4, -0.2) is 42.3 Å². The molecule has 5 heteroatoms. The first-order chi connectivity index (χ1) is 13.1. The zero-order valence-corrected chi connectivity index (χ0v) is 15.6. The number of nitrogens with zero attached hydrogens (tertiary/aromatic N) is 1. The number of ether oxygens (including phenoxy) is 1. The summed E-state index contributed by atoms with van der Waals surface area (Å²) in [5, 5.41) is 0. The fraction of sp³-hybridized carbons (Fsp3) is 0.364. The van der Waals surface area contributed by atoms with Gasteiger partial charge >= 0.3 is 0 Å². The SMILES string of the molecule is CC1CCN(C(=O)COc2ccc(C(=O)c3ccccc3)cc2)C(CN)C1. The van der Waals surface area contributed by atoms with E-state index in [1.165, 1.54) is 0 Å². The van der Waals surface area contributed by atoms with Crippen LogP contribution >= 0.6 is 0 Å². The van der Waals surface area contributed by atoms with E-state index in [1.54, 1.807) is 36.4 Å². The maximum absolute atomic E-state index is 12.5. The third kappa shape index (κ3) is 4.74. The molecule has 1 fully saturated rings. The first-order valence-corrected chi connectivity index (χ1v) is 9.40. The van der Waals surface area contributed by atoms with Gasteiger partial charge in [0, 0.05) is 30.3 Å². The van der Waals surface area contributed by atoms with Crippen LogP contribution in [0.15, 0.2) is 54.6 Å². The molecule has 2 aromatic carbocycles. The molecule has 1 saturated heterocycles. The van der Waals surface area contributed by atoms with E-state index in [-0.39, 0.29) is 24.3 Å². The summed E-state index contributed by atoms with van der Waals surface area (Å²) in [7, 11) is 0. The number of hydrogen-bond donors (Lipinski definition) is 1. The van der Waals surface area contributed by atoms with E-state index >= 15 is 0 Å². The molecule has 0 bridgehead atoms. The molecule has 27 heavy (non-hydrogen) atoms. The number of amides is 1.